The van der Waals surface area contributed by atoms with Gasteiger partial charge in [0.1, 0.15) is 0 Å². The van der Waals surface area contributed by atoms with Crippen molar-refractivity contribution in [3.63, 3.8) is 0 Å². The lowest BCUT2D eigenvalue weighted by Gasteiger charge is -2.14. The molecule has 2 aromatic carbocycles. The third kappa shape index (κ3) is 5.67. The van der Waals surface area contributed by atoms with E-state index >= 15 is 0 Å². The number of benzene rings is 2. The van der Waals surface area contributed by atoms with Crippen molar-refractivity contribution in [3.8, 4) is 23.0 Å². The summed E-state index contributed by atoms with van der Waals surface area (Å²) in [4.78, 5) is 91.3. The molecule has 3 aliphatic rings. The van der Waals surface area contributed by atoms with Crippen LogP contribution in [0.4, 0.5) is 5.69 Å². The summed E-state index contributed by atoms with van der Waals surface area (Å²) in [6.45, 7) is 2.97. The molecule has 0 fully saturated rings. The zero-order valence-corrected chi connectivity index (χ0v) is 26.1. The first kappa shape index (κ1) is 33.3. The molecule has 3 aliphatic heterocycles. The van der Waals surface area contributed by atoms with Gasteiger partial charge in [-0.05, 0) is 73.5 Å². The lowest BCUT2D eigenvalue weighted by Crippen LogP contribution is -2.38. The van der Waals surface area contributed by atoms with Crippen LogP contribution in [0.25, 0.3) is 29.2 Å². The molecule has 4 heterocycles. The van der Waals surface area contributed by atoms with Gasteiger partial charge in [0, 0.05) is 10.8 Å². The molecule has 1 aromatic heterocycles. The third-order valence-corrected chi connectivity index (χ3v) is 8.05. The number of hydrogen-bond acceptors (Lipinski definition) is 10. The summed E-state index contributed by atoms with van der Waals surface area (Å²) in [6, 6.07) is 6.11. The maximum absolute atomic E-state index is 13.5. The van der Waals surface area contributed by atoms with Gasteiger partial charge in [-0.2, -0.15) is 9.69 Å². The Hall–Kier alpha value is -7.63. The average molecular weight is 695 g/mol. The Balaban J connectivity index is 1.39. The van der Waals surface area contributed by atoms with Gasteiger partial charge in [0.25, 0.3) is 17.0 Å². The number of anilines is 1. The minimum Gasteiger partial charge on any atom is -0.494 e. The van der Waals surface area contributed by atoms with Crippen LogP contribution in [-0.2, 0) is 0 Å². The van der Waals surface area contributed by atoms with Crippen molar-refractivity contribution in [1.29, 1.82) is 0 Å². The van der Waals surface area contributed by atoms with Gasteiger partial charge in [-0.3, -0.25) is 14.4 Å². The highest BCUT2D eigenvalue weighted by Crippen LogP contribution is 2.30. The van der Waals surface area contributed by atoms with Gasteiger partial charge in [0.2, 0.25) is 0 Å². The van der Waals surface area contributed by atoms with Crippen molar-refractivity contribution < 1.29 is 49.5 Å². The van der Waals surface area contributed by atoms with E-state index in [0.717, 1.165) is 46.1 Å². The van der Waals surface area contributed by atoms with Crippen LogP contribution in [0.2, 0.25) is 0 Å². The molecule has 0 saturated heterocycles. The Labute approximate surface area is 282 Å². The van der Waals surface area contributed by atoms with Crippen molar-refractivity contribution >= 4 is 47.6 Å². The zero-order chi connectivity index (χ0) is 37.0. The zero-order valence-electron chi connectivity index (χ0n) is 26.1. The maximum atomic E-state index is 13.5. The Morgan fingerprint density at radius 1 is 0.725 bits per heavy atom. The predicted octanol–water partition coefficient (Wildman–Crippen LogP) is 1.16. The summed E-state index contributed by atoms with van der Waals surface area (Å²) in [5.41, 5.74) is -3.02. The first-order valence-electron chi connectivity index (χ1n) is 14.5. The molecule has 0 saturated carbocycles. The van der Waals surface area contributed by atoms with Crippen LogP contribution in [0.1, 0.15) is 68.5 Å². The van der Waals surface area contributed by atoms with Crippen LogP contribution < -0.4 is 26.8 Å². The fourth-order valence-electron chi connectivity index (χ4n) is 5.58. The number of carboxylic acid groups (broad SMARTS) is 4. The molecule has 0 bridgehead atoms. The lowest BCUT2D eigenvalue weighted by molar-refractivity contribution is 0.0676. The monoisotopic (exact) mass is 694 g/mol. The molecule has 6 rings (SSSR count). The molecule has 256 valence electrons. The number of rotatable bonds is 8. The van der Waals surface area contributed by atoms with Crippen LogP contribution in [0.3, 0.4) is 0 Å². The largest absolute Gasteiger partial charge is 0.494 e. The Morgan fingerprint density at radius 2 is 1.25 bits per heavy atom. The standard InChI is InChI=1S/C33H22N6O12/c1-12-20(26(40)34-24-22(12)28(42)38(36-24)18-8-14(30(44)45)6-15(9-18)31(46)47)4-3-5-21-13(2)23-25(35-27(21)41)37-39(29(23)43)19-10-16(32(48)49)7-17(11-19)33(50)51/h3-11H,1-2H3,(H,44,45)(H,46,47)(H,48,49)(H,50,51)(H,34,36,40)(H2,35,37,41). The van der Waals surface area contributed by atoms with Crippen molar-refractivity contribution in [3.05, 3.63) is 118 Å². The average Bonchev–Trinajstić information content (AvgIpc) is 3.58. The van der Waals surface area contributed by atoms with Crippen molar-refractivity contribution in [2.24, 2.45) is 5.10 Å². The minimum absolute atomic E-state index is 0.00740. The number of aromatic nitrogens is 4. The van der Waals surface area contributed by atoms with Crippen LogP contribution in [0.15, 0.2) is 57.2 Å². The minimum atomic E-state index is -1.44. The van der Waals surface area contributed by atoms with Crippen LogP contribution >= 0.6 is 0 Å². The second-order valence-electron chi connectivity index (χ2n) is 11.2. The highest BCUT2D eigenvalue weighted by molar-refractivity contribution is 6.09. The Morgan fingerprint density at radius 3 is 1.78 bits per heavy atom. The van der Waals surface area contributed by atoms with Crippen molar-refractivity contribution in [2.45, 2.75) is 13.8 Å². The van der Waals surface area contributed by atoms with Gasteiger partial charge in [-0.15, -0.1) is 10.2 Å². The van der Waals surface area contributed by atoms with E-state index in [1.54, 1.807) is 0 Å². The summed E-state index contributed by atoms with van der Waals surface area (Å²) in [7, 11) is 0. The molecule has 3 aromatic rings. The summed E-state index contributed by atoms with van der Waals surface area (Å²) < 4.78 is 0.797. The van der Waals surface area contributed by atoms with E-state index in [0.29, 0.717) is 0 Å². The first-order valence-corrected chi connectivity index (χ1v) is 14.5. The molecule has 1 amide bonds. The number of carbonyl (C=O) groups excluding carboxylic acids is 1. The van der Waals surface area contributed by atoms with Gasteiger partial charge in [0.05, 0.1) is 44.8 Å². The summed E-state index contributed by atoms with van der Waals surface area (Å²) in [6.07, 6.45) is 4.05. The van der Waals surface area contributed by atoms with Crippen LogP contribution in [0.5, 0.6) is 5.88 Å². The van der Waals surface area contributed by atoms with E-state index in [1.807, 2.05) is 0 Å². The van der Waals surface area contributed by atoms with Crippen molar-refractivity contribution in [2.75, 3.05) is 5.01 Å². The highest BCUT2D eigenvalue weighted by atomic mass is 16.4. The molecule has 0 atom stereocenters. The molecule has 0 aliphatic carbocycles. The second kappa shape index (κ2) is 12.1. The maximum Gasteiger partial charge on any atom is 0.335 e. The predicted molar refractivity (Wildman–Crippen MR) is 174 cm³/mol. The second-order valence-corrected chi connectivity index (χ2v) is 11.2. The van der Waals surface area contributed by atoms with E-state index in [-0.39, 0.29) is 55.7 Å². The lowest BCUT2D eigenvalue weighted by atomic mass is 10.0. The normalized spacial score (nSPS) is 12.8. The number of H-pyrrole nitrogens is 2. The number of nitrogens with zero attached hydrogens (tertiary/aromatic N) is 4. The number of aromatic hydroxyl groups is 1. The van der Waals surface area contributed by atoms with E-state index < -0.39 is 69.0 Å². The first-order chi connectivity index (χ1) is 24.1. The molecule has 18 heteroatoms. The topological polar surface area (TPSA) is 286 Å². The van der Waals surface area contributed by atoms with Crippen LogP contribution in [-0.4, -0.2) is 75.1 Å². The molecule has 0 unspecified atom stereocenters. The molecule has 18 nitrogen and oxygen atoms in total. The van der Waals surface area contributed by atoms with Gasteiger partial charge in [0.15, 0.2) is 17.2 Å². The van der Waals surface area contributed by atoms with E-state index in [1.165, 1.54) is 32.1 Å². The van der Waals surface area contributed by atoms with Gasteiger partial charge < -0.3 is 35.5 Å². The molecule has 7 N–H and O–H groups in total. The number of fused-ring (bicyclic) bond motifs is 2. The summed E-state index contributed by atoms with van der Waals surface area (Å²) in [5, 5.41) is 57.5. The van der Waals surface area contributed by atoms with Gasteiger partial charge >= 0.3 is 23.9 Å². The van der Waals surface area contributed by atoms with E-state index in [4.69, 9.17) is 0 Å². The van der Waals surface area contributed by atoms with Crippen molar-refractivity contribution in [1.82, 2.24) is 19.7 Å². The highest BCUT2D eigenvalue weighted by Gasteiger charge is 2.30. The number of aromatic carboxylic acids is 4. The summed E-state index contributed by atoms with van der Waals surface area (Å²) in [5.74, 6) is -7.02. The molecular weight excluding hydrogens is 672 g/mol. The van der Waals surface area contributed by atoms with E-state index in [9.17, 15) is 59.1 Å². The number of nitrogens with one attached hydrogen (secondary N) is 2. The fraction of sp³-hybridized carbons (Fsp3) is 0.0606. The van der Waals surface area contributed by atoms with Gasteiger partial charge in [-0.25, -0.2) is 19.2 Å². The number of amides is 1. The quantitative estimate of drug-likeness (QED) is 0.120. The molecule has 51 heavy (non-hydrogen) atoms. The Bertz CT molecular complexity index is 2600. The fourth-order valence-corrected chi connectivity index (χ4v) is 5.58. The number of hydrogen-bond donors (Lipinski definition) is 7. The smallest absolute Gasteiger partial charge is 0.335 e. The Kier molecular flexibility index (Phi) is 7.90. The number of aromatic amines is 2. The number of carboxylic acids is 4. The number of carbonyl (C=O) groups is 5. The summed E-state index contributed by atoms with van der Waals surface area (Å²) >= 11 is 0. The van der Waals surface area contributed by atoms with Crippen LogP contribution in [0, 0.1) is 13.8 Å². The molecule has 0 radical (unpaired) electrons. The number of pyridine rings is 2. The molecular formula is C33H22N6O12. The van der Waals surface area contributed by atoms with Gasteiger partial charge in [-0.1, -0.05) is 6.08 Å². The third-order valence-electron chi connectivity index (χ3n) is 8.05. The molecule has 0 spiro atoms. The van der Waals surface area contributed by atoms with E-state index in [2.05, 4.69) is 20.2 Å². The SMILES string of the molecule is Cc1c(C=CC=c2c(C)c3c([nH]c2=O)=NN(c2cc(C(=O)O)cc(C(=O)O)c2)C3=O)c(O)[nH]c2nn(-c3cc(C(=O)O)cc(C(=O)O)c3)c(=O)c1-2. The number of allylic oxidation sites excluding steroid dienone is 1.